The Balaban J connectivity index is 1.84. The van der Waals surface area contributed by atoms with Crippen molar-refractivity contribution in [1.82, 2.24) is 0 Å². The van der Waals surface area contributed by atoms with Gasteiger partial charge in [-0.15, -0.1) is 0 Å². The summed E-state index contributed by atoms with van der Waals surface area (Å²) in [7, 11) is 0. The highest BCUT2D eigenvalue weighted by Crippen LogP contribution is 2.53. The van der Waals surface area contributed by atoms with Crippen LogP contribution in [0.5, 0.6) is 0 Å². The highest BCUT2D eigenvalue weighted by Gasteiger charge is 2.50. The molecule has 0 aromatic heterocycles. The molecule has 1 aliphatic heterocycles. The van der Waals surface area contributed by atoms with Crippen LogP contribution in [0.1, 0.15) is 54.0 Å². The first-order chi connectivity index (χ1) is 13.2. The number of hydrogen-bond acceptors (Lipinski definition) is 3. The van der Waals surface area contributed by atoms with E-state index < -0.39 is 28.9 Å². The Morgan fingerprint density at radius 1 is 1.04 bits per heavy atom. The predicted octanol–water partition coefficient (Wildman–Crippen LogP) is 4.75. The van der Waals surface area contributed by atoms with Gasteiger partial charge in [0.1, 0.15) is 0 Å². The van der Waals surface area contributed by atoms with Crippen LogP contribution >= 0.6 is 0 Å². The van der Waals surface area contributed by atoms with Crippen LogP contribution in [0.2, 0.25) is 0 Å². The number of halogens is 3. The van der Waals surface area contributed by atoms with Gasteiger partial charge in [0.25, 0.3) is 0 Å². The lowest BCUT2D eigenvalue weighted by Gasteiger charge is -2.42. The molecular formula is C22H23F3O3. The van der Waals surface area contributed by atoms with Crippen LogP contribution in [0, 0.1) is 0 Å². The van der Waals surface area contributed by atoms with E-state index in [0.29, 0.717) is 25.2 Å². The fourth-order valence-electron chi connectivity index (χ4n) is 4.41. The summed E-state index contributed by atoms with van der Waals surface area (Å²) in [4.78, 5) is 0. The summed E-state index contributed by atoms with van der Waals surface area (Å²) in [6.07, 6.45) is -3.96. The van der Waals surface area contributed by atoms with Crippen LogP contribution in [0.15, 0.2) is 42.5 Å². The Labute approximate surface area is 162 Å². The molecule has 0 bridgehead atoms. The van der Waals surface area contributed by atoms with Gasteiger partial charge in [0, 0.05) is 11.3 Å². The standard InChI is InChI=1S/C22H23F3O3/c1-20(2)27-12-21(13-28-20)10-17(16-9-14(11-26)7-8-18(16)21)15-5-3-4-6-19(15)22(23,24)25/h3-9,17,26H,10-13H2,1-2H3. The van der Waals surface area contributed by atoms with Gasteiger partial charge in [0.05, 0.1) is 25.4 Å². The van der Waals surface area contributed by atoms with Crippen molar-refractivity contribution in [3.8, 4) is 0 Å². The zero-order chi connectivity index (χ0) is 20.2. The van der Waals surface area contributed by atoms with E-state index >= 15 is 0 Å². The van der Waals surface area contributed by atoms with Crippen molar-refractivity contribution in [2.24, 2.45) is 0 Å². The van der Waals surface area contributed by atoms with Crippen LogP contribution in [0.25, 0.3) is 0 Å². The Kier molecular flexibility index (Phi) is 4.56. The smallest absolute Gasteiger partial charge is 0.392 e. The summed E-state index contributed by atoms with van der Waals surface area (Å²) < 4.78 is 52.8. The molecule has 2 aromatic carbocycles. The second-order valence-electron chi connectivity index (χ2n) is 8.18. The molecule has 0 amide bonds. The average molecular weight is 392 g/mol. The third kappa shape index (κ3) is 3.23. The topological polar surface area (TPSA) is 38.7 Å². The third-order valence-electron chi connectivity index (χ3n) is 5.87. The van der Waals surface area contributed by atoms with Gasteiger partial charge in [-0.25, -0.2) is 0 Å². The zero-order valence-corrected chi connectivity index (χ0v) is 15.8. The number of hydrogen-bond donors (Lipinski definition) is 1. The third-order valence-corrected chi connectivity index (χ3v) is 5.87. The number of benzene rings is 2. The van der Waals surface area contributed by atoms with E-state index in [1.54, 1.807) is 12.1 Å². The molecule has 1 heterocycles. The van der Waals surface area contributed by atoms with Crippen LogP contribution in [0.3, 0.4) is 0 Å². The molecule has 1 saturated heterocycles. The normalized spacial score (nSPS) is 23.0. The lowest BCUT2D eigenvalue weighted by atomic mass is 9.81. The molecule has 2 aliphatic rings. The first kappa shape index (κ1) is 19.4. The predicted molar refractivity (Wildman–Crippen MR) is 97.9 cm³/mol. The summed E-state index contributed by atoms with van der Waals surface area (Å²) in [5.74, 6) is -1.15. The second-order valence-corrected chi connectivity index (χ2v) is 8.18. The van der Waals surface area contributed by atoms with Gasteiger partial charge in [-0.2, -0.15) is 13.2 Å². The van der Waals surface area contributed by atoms with Gasteiger partial charge in [0.15, 0.2) is 5.79 Å². The van der Waals surface area contributed by atoms with Crippen molar-refractivity contribution in [2.45, 2.75) is 50.2 Å². The molecule has 6 heteroatoms. The van der Waals surface area contributed by atoms with Gasteiger partial charge in [-0.1, -0.05) is 36.4 Å². The van der Waals surface area contributed by atoms with E-state index in [1.165, 1.54) is 6.07 Å². The minimum atomic E-state index is -4.43. The monoisotopic (exact) mass is 392 g/mol. The van der Waals surface area contributed by atoms with Crippen molar-refractivity contribution in [3.63, 3.8) is 0 Å². The zero-order valence-electron chi connectivity index (χ0n) is 15.8. The quantitative estimate of drug-likeness (QED) is 0.801. The van der Waals surface area contributed by atoms with Gasteiger partial charge in [-0.3, -0.25) is 0 Å². The first-order valence-electron chi connectivity index (χ1n) is 9.33. The molecule has 1 unspecified atom stereocenters. The molecule has 3 nitrogen and oxygen atoms in total. The molecule has 1 fully saturated rings. The number of aliphatic hydroxyl groups is 1. The van der Waals surface area contributed by atoms with E-state index in [-0.39, 0.29) is 12.2 Å². The SMILES string of the molecule is CC1(C)OCC2(CO1)CC(c1ccccc1C(F)(F)F)c1cc(CO)ccc12. The Bertz CT molecular complexity index is 879. The van der Waals surface area contributed by atoms with E-state index in [4.69, 9.17) is 9.47 Å². The Hall–Kier alpha value is -1.89. The van der Waals surface area contributed by atoms with E-state index in [0.717, 1.165) is 17.2 Å². The summed E-state index contributed by atoms with van der Waals surface area (Å²) in [6.45, 7) is 4.28. The summed E-state index contributed by atoms with van der Waals surface area (Å²) in [6, 6.07) is 11.3. The van der Waals surface area contributed by atoms with Crippen molar-refractivity contribution < 1.29 is 27.8 Å². The molecule has 150 valence electrons. The van der Waals surface area contributed by atoms with E-state index in [2.05, 4.69) is 0 Å². The number of fused-ring (bicyclic) bond motifs is 2. The lowest BCUT2D eigenvalue weighted by Crippen LogP contribution is -2.48. The summed E-state index contributed by atoms with van der Waals surface area (Å²) in [5.41, 5.74) is 1.59. The molecule has 1 N–H and O–H groups in total. The molecule has 4 rings (SSSR count). The molecule has 1 aliphatic carbocycles. The summed E-state index contributed by atoms with van der Waals surface area (Å²) >= 11 is 0. The number of aliphatic hydroxyl groups excluding tert-OH is 1. The Morgan fingerprint density at radius 3 is 2.36 bits per heavy atom. The molecule has 0 radical (unpaired) electrons. The lowest BCUT2D eigenvalue weighted by molar-refractivity contribution is -0.269. The highest BCUT2D eigenvalue weighted by atomic mass is 19.4. The van der Waals surface area contributed by atoms with Crippen LogP contribution in [-0.4, -0.2) is 24.1 Å². The van der Waals surface area contributed by atoms with Gasteiger partial charge < -0.3 is 14.6 Å². The van der Waals surface area contributed by atoms with Crippen LogP contribution in [0.4, 0.5) is 13.2 Å². The molecule has 2 aromatic rings. The van der Waals surface area contributed by atoms with Gasteiger partial charge >= 0.3 is 6.18 Å². The number of alkyl halides is 3. The molecular weight excluding hydrogens is 369 g/mol. The maximum atomic E-state index is 13.7. The molecule has 1 atom stereocenters. The average Bonchev–Trinajstić information content (AvgIpc) is 2.97. The maximum Gasteiger partial charge on any atom is 0.416 e. The number of ether oxygens (including phenoxy) is 2. The van der Waals surface area contributed by atoms with Crippen LogP contribution in [-0.2, 0) is 27.7 Å². The van der Waals surface area contributed by atoms with Gasteiger partial charge in [0.2, 0.25) is 0 Å². The Morgan fingerprint density at radius 2 is 1.71 bits per heavy atom. The highest BCUT2D eigenvalue weighted by molar-refractivity contribution is 5.52. The van der Waals surface area contributed by atoms with Crippen LogP contribution < -0.4 is 0 Å². The minimum Gasteiger partial charge on any atom is -0.392 e. The van der Waals surface area contributed by atoms with Crippen molar-refractivity contribution >= 4 is 0 Å². The van der Waals surface area contributed by atoms with Crippen molar-refractivity contribution in [1.29, 1.82) is 0 Å². The van der Waals surface area contributed by atoms with Gasteiger partial charge in [-0.05, 0) is 48.6 Å². The largest absolute Gasteiger partial charge is 0.416 e. The van der Waals surface area contributed by atoms with Crippen molar-refractivity contribution in [3.05, 3.63) is 70.3 Å². The maximum absolute atomic E-state index is 13.7. The van der Waals surface area contributed by atoms with E-state index in [1.807, 2.05) is 32.0 Å². The summed E-state index contributed by atoms with van der Waals surface area (Å²) in [5, 5.41) is 9.55. The number of rotatable bonds is 2. The first-order valence-corrected chi connectivity index (χ1v) is 9.33. The van der Waals surface area contributed by atoms with E-state index in [9.17, 15) is 18.3 Å². The minimum absolute atomic E-state index is 0.159. The van der Waals surface area contributed by atoms with Crippen molar-refractivity contribution in [2.75, 3.05) is 13.2 Å². The fraction of sp³-hybridized carbons (Fsp3) is 0.455. The fourth-order valence-corrected chi connectivity index (χ4v) is 4.41. The second kappa shape index (κ2) is 6.58. The molecule has 28 heavy (non-hydrogen) atoms. The molecule has 1 spiro atoms. The molecule has 0 saturated carbocycles.